The predicted molar refractivity (Wildman–Crippen MR) is 138 cm³/mol. The average Bonchev–Trinajstić information content (AvgIpc) is 2.87. The molecule has 0 aromatic heterocycles. The number of benzene rings is 3. The Hall–Kier alpha value is -4.30. The first-order valence-electron chi connectivity index (χ1n) is 11.4. The number of para-hydroxylation sites is 3. The van der Waals surface area contributed by atoms with Crippen LogP contribution in [0.25, 0.3) is 0 Å². The van der Waals surface area contributed by atoms with E-state index in [0.717, 1.165) is 0 Å². The molecule has 0 atom stereocenters. The molecule has 3 aromatic carbocycles. The molecule has 10 nitrogen and oxygen atoms in total. The zero-order valence-electron chi connectivity index (χ0n) is 21.2. The van der Waals surface area contributed by atoms with Crippen molar-refractivity contribution in [3.05, 3.63) is 91.0 Å². The van der Waals surface area contributed by atoms with E-state index in [9.17, 15) is 18.9 Å². The minimum atomic E-state index is -3.89. The van der Waals surface area contributed by atoms with Crippen LogP contribution in [0.5, 0.6) is 17.2 Å². The van der Waals surface area contributed by atoms with Crippen LogP contribution in [0, 0.1) is 0 Å². The van der Waals surface area contributed by atoms with E-state index >= 15 is 0 Å². The molecule has 0 bridgehead atoms. The summed E-state index contributed by atoms with van der Waals surface area (Å²) in [5, 5.41) is 0. The Morgan fingerprint density at radius 2 is 0.895 bits per heavy atom. The lowest BCUT2D eigenvalue weighted by Gasteiger charge is -2.19. The smallest absolute Gasteiger partial charge is 0.462 e. The molecule has 0 fully saturated rings. The third-order valence-corrected chi connectivity index (χ3v) is 5.46. The Labute approximate surface area is 221 Å². The van der Waals surface area contributed by atoms with Crippen molar-refractivity contribution in [2.75, 3.05) is 13.2 Å². The summed E-state index contributed by atoms with van der Waals surface area (Å²) in [7, 11) is -3.89. The maximum Gasteiger partial charge on any atom is 0.647 e. The Morgan fingerprint density at radius 3 is 1.16 bits per heavy atom. The third-order valence-electron chi connectivity index (χ3n) is 4.16. The van der Waals surface area contributed by atoms with Gasteiger partial charge in [-0.05, 0) is 36.4 Å². The molecule has 0 aliphatic rings. The number of rotatable bonds is 11. The summed E-state index contributed by atoms with van der Waals surface area (Å²) in [6.07, 6.45) is -0.754. The molecule has 0 amide bonds. The molecule has 0 N–H and O–H groups in total. The van der Waals surface area contributed by atoms with E-state index in [2.05, 4.69) is 9.47 Å². The van der Waals surface area contributed by atoms with Gasteiger partial charge in [0.05, 0.1) is 0 Å². The SMILES string of the molecule is CC(=O)OCC(COC(C)=O)OC(C)=O.O=P(Oc1ccccc1)(Oc1ccccc1)Oc1ccccc1. The summed E-state index contributed by atoms with van der Waals surface area (Å²) in [5.41, 5.74) is 0. The van der Waals surface area contributed by atoms with Crippen LogP contribution in [-0.4, -0.2) is 37.2 Å². The van der Waals surface area contributed by atoms with Crippen molar-refractivity contribution >= 4 is 25.7 Å². The maximum absolute atomic E-state index is 13.1. The molecule has 202 valence electrons. The van der Waals surface area contributed by atoms with E-state index < -0.39 is 31.8 Å². The summed E-state index contributed by atoms with van der Waals surface area (Å²) in [4.78, 5) is 31.6. The van der Waals surface area contributed by atoms with Crippen molar-refractivity contribution in [2.24, 2.45) is 0 Å². The van der Waals surface area contributed by atoms with Gasteiger partial charge in [0.15, 0.2) is 6.10 Å². The standard InChI is InChI=1S/C18H15O4P.C9H14O6/c19-23(20-16-10-4-1-5-11-16,21-17-12-6-2-7-13-17)22-18-14-8-3-9-15-18;1-6(10)13-4-9(15-8(3)12)5-14-7(2)11/h1-15H;9H,4-5H2,1-3H3. The van der Waals surface area contributed by atoms with Gasteiger partial charge >= 0.3 is 25.7 Å². The molecule has 0 aliphatic heterocycles. The lowest BCUT2D eigenvalue weighted by Crippen LogP contribution is -2.29. The normalized spacial score (nSPS) is 10.3. The molecular formula is C27H29O10P. The van der Waals surface area contributed by atoms with E-state index in [1.165, 1.54) is 20.8 Å². The van der Waals surface area contributed by atoms with Crippen LogP contribution in [0.15, 0.2) is 91.0 Å². The van der Waals surface area contributed by atoms with Crippen molar-refractivity contribution in [1.29, 1.82) is 0 Å². The van der Waals surface area contributed by atoms with Gasteiger partial charge in [-0.15, -0.1) is 0 Å². The highest BCUT2D eigenvalue weighted by Gasteiger charge is 2.33. The molecule has 38 heavy (non-hydrogen) atoms. The fraction of sp³-hybridized carbons (Fsp3) is 0.222. The van der Waals surface area contributed by atoms with Gasteiger partial charge in [0.1, 0.15) is 30.5 Å². The summed E-state index contributed by atoms with van der Waals surface area (Å²) < 4.78 is 43.6. The number of hydrogen-bond acceptors (Lipinski definition) is 10. The van der Waals surface area contributed by atoms with Crippen molar-refractivity contribution < 1.29 is 46.7 Å². The number of phosphoric acid groups is 1. The van der Waals surface area contributed by atoms with Crippen LogP contribution < -0.4 is 13.6 Å². The Kier molecular flexibility index (Phi) is 12.4. The minimum Gasteiger partial charge on any atom is -0.462 e. The van der Waals surface area contributed by atoms with Crippen molar-refractivity contribution in [3.63, 3.8) is 0 Å². The van der Waals surface area contributed by atoms with Gasteiger partial charge in [-0.1, -0.05) is 54.6 Å². The summed E-state index contributed by atoms with van der Waals surface area (Å²) >= 11 is 0. The monoisotopic (exact) mass is 544 g/mol. The van der Waals surface area contributed by atoms with Gasteiger partial charge in [-0.2, -0.15) is 4.57 Å². The molecule has 0 aliphatic carbocycles. The number of phosphoric ester groups is 1. The van der Waals surface area contributed by atoms with Crippen LogP contribution in [0.4, 0.5) is 0 Å². The Bertz CT molecular complexity index is 1060. The average molecular weight is 544 g/mol. The highest BCUT2D eigenvalue weighted by molar-refractivity contribution is 7.49. The van der Waals surface area contributed by atoms with Gasteiger partial charge < -0.3 is 27.8 Å². The number of ether oxygens (including phenoxy) is 3. The minimum absolute atomic E-state index is 0.123. The van der Waals surface area contributed by atoms with Crippen LogP contribution >= 0.6 is 7.82 Å². The molecule has 0 spiro atoms. The van der Waals surface area contributed by atoms with Crippen molar-refractivity contribution in [1.82, 2.24) is 0 Å². The highest BCUT2D eigenvalue weighted by atomic mass is 31.2. The van der Waals surface area contributed by atoms with E-state index in [0.29, 0.717) is 17.2 Å². The quantitative estimate of drug-likeness (QED) is 0.177. The summed E-state index contributed by atoms with van der Waals surface area (Å²) in [6, 6.07) is 26.4. The molecule has 0 saturated carbocycles. The first-order valence-corrected chi connectivity index (χ1v) is 12.9. The van der Waals surface area contributed by atoms with Gasteiger partial charge in [0.25, 0.3) is 0 Å². The first kappa shape index (κ1) is 29.9. The highest BCUT2D eigenvalue weighted by Crippen LogP contribution is 2.49. The van der Waals surface area contributed by atoms with Crippen LogP contribution in [0.1, 0.15) is 20.8 Å². The predicted octanol–water partition coefficient (Wildman–Crippen LogP) is 5.38. The maximum atomic E-state index is 13.1. The van der Waals surface area contributed by atoms with Gasteiger partial charge in [0, 0.05) is 20.8 Å². The van der Waals surface area contributed by atoms with Gasteiger partial charge in [0.2, 0.25) is 0 Å². The summed E-state index contributed by atoms with van der Waals surface area (Å²) in [5.74, 6) is -0.294. The topological polar surface area (TPSA) is 124 Å². The van der Waals surface area contributed by atoms with Gasteiger partial charge in [-0.3, -0.25) is 14.4 Å². The number of carbonyl (C=O) groups excluding carboxylic acids is 3. The zero-order chi connectivity index (χ0) is 27.8. The van der Waals surface area contributed by atoms with Crippen LogP contribution in [-0.2, 0) is 33.2 Å². The first-order chi connectivity index (χ1) is 18.1. The second-order valence-electron chi connectivity index (χ2n) is 7.50. The lowest BCUT2D eigenvalue weighted by molar-refractivity contribution is -0.163. The lowest BCUT2D eigenvalue weighted by atomic mass is 10.3. The van der Waals surface area contributed by atoms with E-state index in [1.54, 1.807) is 72.8 Å². The van der Waals surface area contributed by atoms with Crippen molar-refractivity contribution in [3.8, 4) is 17.2 Å². The molecule has 11 heteroatoms. The zero-order valence-corrected chi connectivity index (χ0v) is 22.1. The molecule has 0 saturated heterocycles. The number of esters is 3. The molecule has 0 heterocycles. The number of hydrogen-bond donors (Lipinski definition) is 0. The van der Waals surface area contributed by atoms with Crippen LogP contribution in [0.3, 0.4) is 0 Å². The molecule has 3 aromatic rings. The second-order valence-corrected chi connectivity index (χ2v) is 8.94. The largest absolute Gasteiger partial charge is 0.647 e. The van der Waals surface area contributed by atoms with Crippen molar-refractivity contribution in [2.45, 2.75) is 26.9 Å². The molecule has 0 radical (unpaired) electrons. The second kappa shape index (κ2) is 15.7. The van der Waals surface area contributed by atoms with E-state index in [-0.39, 0.29) is 13.2 Å². The van der Waals surface area contributed by atoms with E-state index in [1.807, 2.05) is 18.2 Å². The number of carbonyl (C=O) groups is 3. The Balaban J connectivity index is 0.000000296. The molecule has 0 unspecified atom stereocenters. The van der Waals surface area contributed by atoms with E-state index in [4.69, 9.17) is 18.3 Å². The third kappa shape index (κ3) is 12.6. The molecule has 3 rings (SSSR count). The fourth-order valence-corrected chi connectivity index (χ4v) is 3.91. The van der Waals surface area contributed by atoms with Gasteiger partial charge in [-0.25, -0.2) is 0 Å². The van der Waals surface area contributed by atoms with Crippen LogP contribution in [0.2, 0.25) is 0 Å². The molecular weight excluding hydrogens is 515 g/mol. The fourth-order valence-electron chi connectivity index (χ4n) is 2.66. The summed E-state index contributed by atoms with van der Waals surface area (Å²) in [6.45, 7) is 3.44. The Morgan fingerprint density at radius 1 is 0.579 bits per heavy atom.